The van der Waals surface area contributed by atoms with Crippen molar-refractivity contribution in [3.8, 4) is 0 Å². The molecule has 1 fully saturated rings. The maximum absolute atomic E-state index is 9.68. The second-order valence-electron chi connectivity index (χ2n) is 4.74. The van der Waals surface area contributed by atoms with Crippen LogP contribution in [0.2, 0.25) is 0 Å². The molecule has 0 amide bonds. The third-order valence-corrected chi connectivity index (χ3v) is 3.54. The standard InChI is InChI=1S/C14H21NO/c1-11-5-2-3-6-12(11)9-10-15-13-7-4-8-14(13)16/h2-3,5-6,13-16H,4,7-10H2,1H3/t13-,14-/m0/s1. The van der Waals surface area contributed by atoms with Gasteiger partial charge in [0.25, 0.3) is 0 Å². The van der Waals surface area contributed by atoms with Gasteiger partial charge < -0.3 is 10.4 Å². The van der Waals surface area contributed by atoms with Gasteiger partial charge in [-0.2, -0.15) is 0 Å². The van der Waals surface area contributed by atoms with Crippen LogP contribution in [0.25, 0.3) is 0 Å². The lowest BCUT2D eigenvalue weighted by atomic mass is 10.1. The zero-order valence-corrected chi connectivity index (χ0v) is 9.95. The summed E-state index contributed by atoms with van der Waals surface area (Å²) in [5.74, 6) is 0. The number of nitrogens with one attached hydrogen (secondary N) is 1. The van der Waals surface area contributed by atoms with E-state index in [9.17, 15) is 5.11 Å². The van der Waals surface area contributed by atoms with E-state index in [4.69, 9.17) is 0 Å². The van der Waals surface area contributed by atoms with Crippen LogP contribution in [0.1, 0.15) is 30.4 Å². The van der Waals surface area contributed by atoms with Crippen molar-refractivity contribution in [2.45, 2.75) is 44.8 Å². The first-order valence-electron chi connectivity index (χ1n) is 6.23. The van der Waals surface area contributed by atoms with Crippen molar-refractivity contribution in [2.24, 2.45) is 0 Å². The van der Waals surface area contributed by atoms with E-state index in [1.165, 1.54) is 11.1 Å². The molecule has 0 aromatic heterocycles. The van der Waals surface area contributed by atoms with Crippen LogP contribution in [0.5, 0.6) is 0 Å². The van der Waals surface area contributed by atoms with Crippen LogP contribution >= 0.6 is 0 Å². The third kappa shape index (κ3) is 2.83. The van der Waals surface area contributed by atoms with Crippen LogP contribution in [0.15, 0.2) is 24.3 Å². The van der Waals surface area contributed by atoms with Gasteiger partial charge in [-0.1, -0.05) is 24.3 Å². The number of aryl methyl sites for hydroxylation is 1. The fourth-order valence-corrected chi connectivity index (χ4v) is 2.46. The van der Waals surface area contributed by atoms with Crippen molar-refractivity contribution in [3.63, 3.8) is 0 Å². The SMILES string of the molecule is Cc1ccccc1CCN[C@H]1CCC[C@@H]1O. The van der Waals surface area contributed by atoms with Gasteiger partial charge in [-0.05, 0) is 50.3 Å². The lowest BCUT2D eigenvalue weighted by Crippen LogP contribution is -2.36. The van der Waals surface area contributed by atoms with E-state index < -0.39 is 0 Å². The van der Waals surface area contributed by atoms with Gasteiger partial charge >= 0.3 is 0 Å². The molecule has 1 aromatic rings. The van der Waals surface area contributed by atoms with Crippen molar-refractivity contribution < 1.29 is 5.11 Å². The van der Waals surface area contributed by atoms with E-state index in [1.54, 1.807) is 0 Å². The van der Waals surface area contributed by atoms with Crippen molar-refractivity contribution in [2.75, 3.05) is 6.54 Å². The first-order chi connectivity index (χ1) is 7.77. The molecule has 0 radical (unpaired) electrons. The maximum Gasteiger partial charge on any atom is 0.0693 e. The third-order valence-electron chi connectivity index (χ3n) is 3.54. The minimum atomic E-state index is -0.128. The molecule has 2 heteroatoms. The van der Waals surface area contributed by atoms with Crippen LogP contribution in [0.4, 0.5) is 0 Å². The number of hydrogen-bond acceptors (Lipinski definition) is 2. The number of hydrogen-bond donors (Lipinski definition) is 2. The molecular weight excluding hydrogens is 198 g/mol. The minimum Gasteiger partial charge on any atom is -0.392 e. The van der Waals surface area contributed by atoms with E-state index in [1.807, 2.05) is 0 Å². The van der Waals surface area contributed by atoms with Gasteiger partial charge in [0.15, 0.2) is 0 Å². The van der Waals surface area contributed by atoms with E-state index in [2.05, 4.69) is 36.5 Å². The van der Waals surface area contributed by atoms with Crippen LogP contribution in [-0.2, 0) is 6.42 Å². The number of rotatable bonds is 4. The van der Waals surface area contributed by atoms with Gasteiger partial charge in [0.2, 0.25) is 0 Å². The summed E-state index contributed by atoms with van der Waals surface area (Å²) in [5.41, 5.74) is 2.76. The topological polar surface area (TPSA) is 32.3 Å². The van der Waals surface area contributed by atoms with Crippen LogP contribution in [0, 0.1) is 6.92 Å². The second kappa shape index (κ2) is 5.46. The van der Waals surface area contributed by atoms with E-state index in [0.717, 1.165) is 32.2 Å². The average Bonchev–Trinajstić information content (AvgIpc) is 2.67. The Morgan fingerprint density at radius 3 is 2.81 bits per heavy atom. The summed E-state index contributed by atoms with van der Waals surface area (Å²) in [5, 5.41) is 13.1. The molecule has 2 atom stereocenters. The first kappa shape index (κ1) is 11.6. The van der Waals surface area contributed by atoms with Crippen LogP contribution in [-0.4, -0.2) is 23.8 Å². The maximum atomic E-state index is 9.68. The zero-order chi connectivity index (χ0) is 11.4. The molecule has 1 aliphatic carbocycles. The molecule has 88 valence electrons. The van der Waals surface area contributed by atoms with Gasteiger partial charge in [-0.25, -0.2) is 0 Å². The van der Waals surface area contributed by atoms with Gasteiger partial charge in [-0.15, -0.1) is 0 Å². The lowest BCUT2D eigenvalue weighted by molar-refractivity contribution is 0.149. The minimum absolute atomic E-state index is 0.128. The number of aliphatic hydroxyl groups is 1. The smallest absolute Gasteiger partial charge is 0.0693 e. The Morgan fingerprint density at radius 1 is 1.31 bits per heavy atom. The van der Waals surface area contributed by atoms with Crippen LogP contribution < -0.4 is 5.32 Å². The largest absolute Gasteiger partial charge is 0.392 e. The molecular formula is C14H21NO. The fraction of sp³-hybridized carbons (Fsp3) is 0.571. The van der Waals surface area contributed by atoms with Crippen molar-refractivity contribution >= 4 is 0 Å². The summed E-state index contributed by atoms with van der Waals surface area (Å²) in [6.45, 7) is 3.12. The summed E-state index contributed by atoms with van der Waals surface area (Å²) < 4.78 is 0. The van der Waals surface area contributed by atoms with Crippen molar-refractivity contribution in [3.05, 3.63) is 35.4 Å². The Balaban J connectivity index is 1.78. The quantitative estimate of drug-likeness (QED) is 0.812. The van der Waals surface area contributed by atoms with Crippen molar-refractivity contribution in [1.29, 1.82) is 0 Å². The number of benzene rings is 1. The van der Waals surface area contributed by atoms with Crippen LogP contribution in [0.3, 0.4) is 0 Å². The summed E-state index contributed by atoms with van der Waals surface area (Å²) in [4.78, 5) is 0. The molecule has 1 aliphatic rings. The van der Waals surface area contributed by atoms with E-state index in [-0.39, 0.29) is 6.10 Å². The number of aliphatic hydroxyl groups excluding tert-OH is 1. The molecule has 2 rings (SSSR count). The summed E-state index contributed by atoms with van der Waals surface area (Å²) in [6.07, 6.45) is 4.16. The van der Waals surface area contributed by atoms with Gasteiger partial charge in [0.1, 0.15) is 0 Å². The molecule has 2 N–H and O–H groups in total. The molecule has 0 aliphatic heterocycles. The highest BCUT2D eigenvalue weighted by molar-refractivity contribution is 5.25. The molecule has 0 heterocycles. The Morgan fingerprint density at radius 2 is 2.12 bits per heavy atom. The predicted octanol–water partition coefficient (Wildman–Crippen LogP) is 2.04. The van der Waals surface area contributed by atoms with Gasteiger partial charge in [0.05, 0.1) is 6.10 Å². The Kier molecular flexibility index (Phi) is 3.97. The van der Waals surface area contributed by atoms with Crippen molar-refractivity contribution in [1.82, 2.24) is 5.32 Å². The molecule has 0 unspecified atom stereocenters. The highest BCUT2D eigenvalue weighted by atomic mass is 16.3. The summed E-state index contributed by atoms with van der Waals surface area (Å²) in [6, 6.07) is 8.82. The Hall–Kier alpha value is -0.860. The summed E-state index contributed by atoms with van der Waals surface area (Å²) >= 11 is 0. The Bertz CT molecular complexity index is 337. The lowest BCUT2D eigenvalue weighted by Gasteiger charge is -2.16. The molecule has 2 nitrogen and oxygen atoms in total. The molecule has 0 bridgehead atoms. The zero-order valence-electron chi connectivity index (χ0n) is 9.95. The average molecular weight is 219 g/mol. The highest BCUT2D eigenvalue weighted by Crippen LogP contribution is 2.18. The summed E-state index contributed by atoms with van der Waals surface area (Å²) in [7, 11) is 0. The predicted molar refractivity (Wildman–Crippen MR) is 66.5 cm³/mol. The highest BCUT2D eigenvalue weighted by Gasteiger charge is 2.23. The molecule has 0 spiro atoms. The fourth-order valence-electron chi connectivity index (χ4n) is 2.46. The molecule has 1 saturated carbocycles. The van der Waals surface area contributed by atoms with E-state index >= 15 is 0 Å². The normalized spacial score (nSPS) is 24.9. The van der Waals surface area contributed by atoms with E-state index in [0.29, 0.717) is 6.04 Å². The molecule has 16 heavy (non-hydrogen) atoms. The second-order valence-corrected chi connectivity index (χ2v) is 4.74. The Labute approximate surface area is 97.7 Å². The molecule has 0 saturated heterocycles. The van der Waals surface area contributed by atoms with Gasteiger partial charge in [-0.3, -0.25) is 0 Å². The molecule has 1 aromatic carbocycles. The monoisotopic (exact) mass is 219 g/mol. The van der Waals surface area contributed by atoms with Gasteiger partial charge in [0, 0.05) is 6.04 Å². The first-order valence-corrected chi connectivity index (χ1v) is 6.23.